The number of cyclic esters (lactones) is 1. The van der Waals surface area contributed by atoms with Gasteiger partial charge < -0.3 is 10.1 Å². The maximum atomic E-state index is 12.4. The number of halogens is 1. The first-order valence-electron chi connectivity index (χ1n) is 8.15. The molecule has 1 amide bonds. The number of hydrogen-bond donors (Lipinski definition) is 1. The number of hydrogen-bond acceptors (Lipinski definition) is 4. The molecule has 0 bridgehead atoms. The van der Waals surface area contributed by atoms with E-state index in [1.165, 1.54) is 0 Å². The molecule has 0 radical (unpaired) electrons. The Balaban J connectivity index is 1.78. The van der Waals surface area contributed by atoms with Crippen molar-refractivity contribution in [2.45, 2.75) is 12.5 Å². The number of thiophene rings is 1. The summed E-state index contributed by atoms with van der Waals surface area (Å²) in [6.07, 6.45) is -0.345. The van der Waals surface area contributed by atoms with Crippen LogP contribution in [-0.2, 0) is 10.3 Å². The zero-order valence-corrected chi connectivity index (χ0v) is 16.7. The van der Waals surface area contributed by atoms with Crippen LogP contribution in [0.15, 0.2) is 64.5 Å². The summed E-state index contributed by atoms with van der Waals surface area (Å²) in [7, 11) is 1.73. The molecule has 3 aromatic rings. The van der Waals surface area contributed by atoms with Crippen LogP contribution in [0.2, 0.25) is 0 Å². The largest absolute Gasteiger partial charge is 0.432 e. The van der Waals surface area contributed by atoms with Crippen LogP contribution >= 0.6 is 27.3 Å². The molecule has 0 spiro atoms. The zero-order valence-electron chi connectivity index (χ0n) is 14.3. The molecule has 6 heteroatoms. The standard InChI is InChI=1S/C20H17BrN2O2S/c1-20(18-4-3-11-26-18)16-12-15(22-14-7-5-13(21)6-8-14)9-10-17(16)23(2)19(24)25-20/h3-12,22H,1-2H3. The van der Waals surface area contributed by atoms with Gasteiger partial charge in [-0.1, -0.05) is 22.0 Å². The van der Waals surface area contributed by atoms with E-state index >= 15 is 0 Å². The van der Waals surface area contributed by atoms with Crippen molar-refractivity contribution < 1.29 is 9.53 Å². The lowest BCUT2D eigenvalue weighted by molar-refractivity contribution is 0.0549. The van der Waals surface area contributed by atoms with Crippen LogP contribution in [0.1, 0.15) is 17.4 Å². The van der Waals surface area contributed by atoms with E-state index in [0.717, 1.165) is 32.0 Å². The second kappa shape index (κ2) is 6.45. The van der Waals surface area contributed by atoms with Crippen LogP contribution in [0.25, 0.3) is 0 Å². The third-order valence-corrected chi connectivity index (χ3v) is 6.16. The molecule has 1 aromatic heterocycles. The van der Waals surface area contributed by atoms with Gasteiger partial charge in [0.25, 0.3) is 0 Å². The highest BCUT2D eigenvalue weighted by atomic mass is 79.9. The fraction of sp³-hybridized carbons (Fsp3) is 0.150. The summed E-state index contributed by atoms with van der Waals surface area (Å²) in [5.41, 5.74) is 2.96. The van der Waals surface area contributed by atoms with E-state index in [9.17, 15) is 4.79 Å². The van der Waals surface area contributed by atoms with Crippen LogP contribution in [0.3, 0.4) is 0 Å². The smallest absolute Gasteiger partial charge is 0.415 e. The molecule has 1 aliphatic heterocycles. The van der Waals surface area contributed by atoms with Crippen molar-refractivity contribution in [1.29, 1.82) is 0 Å². The minimum Gasteiger partial charge on any atom is -0.432 e. The highest BCUT2D eigenvalue weighted by Gasteiger charge is 2.42. The highest BCUT2D eigenvalue weighted by molar-refractivity contribution is 9.10. The summed E-state index contributed by atoms with van der Waals surface area (Å²) in [4.78, 5) is 14.9. The zero-order chi connectivity index (χ0) is 18.3. The predicted octanol–water partition coefficient (Wildman–Crippen LogP) is 6.10. The lowest BCUT2D eigenvalue weighted by atomic mass is 9.90. The number of carbonyl (C=O) groups excluding carboxylic acids is 1. The van der Waals surface area contributed by atoms with Crippen LogP contribution in [0, 0.1) is 0 Å². The molecule has 4 rings (SSSR count). The highest BCUT2D eigenvalue weighted by Crippen LogP contribution is 2.45. The quantitative estimate of drug-likeness (QED) is 0.547. The molecular formula is C20H17BrN2O2S. The van der Waals surface area contributed by atoms with Gasteiger partial charge in [-0.3, -0.25) is 4.90 Å². The Bertz CT molecular complexity index is 956. The molecule has 0 saturated heterocycles. The van der Waals surface area contributed by atoms with E-state index in [2.05, 4.69) is 27.3 Å². The number of benzene rings is 2. The minimum atomic E-state index is -0.801. The van der Waals surface area contributed by atoms with Gasteiger partial charge in [-0.25, -0.2) is 4.79 Å². The van der Waals surface area contributed by atoms with Crippen LogP contribution in [0.5, 0.6) is 0 Å². The summed E-state index contributed by atoms with van der Waals surface area (Å²) >= 11 is 5.03. The molecule has 0 aliphatic carbocycles. The van der Waals surface area contributed by atoms with Gasteiger partial charge in [-0.15, -0.1) is 11.3 Å². The second-order valence-corrected chi connectivity index (χ2v) is 8.16. The lowest BCUT2D eigenvalue weighted by Crippen LogP contribution is -2.43. The SMILES string of the molecule is CN1C(=O)OC(C)(c2cccs2)c2cc(Nc3ccc(Br)cc3)ccc21. The van der Waals surface area contributed by atoms with E-state index in [1.54, 1.807) is 23.3 Å². The fourth-order valence-electron chi connectivity index (χ4n) is 3.12. The van der Waals surface area contributed by atoms with Crippen molar-refractivity contribution >= 4 is 50.4 Å². The molecule has 1 N–H and O–H groups in total. The second-order valence-electron chi connectivity index (χ2n) is 6.30. The van der Waals surface area contributed by atoms with Crippen LogP contribution in [0.4, 0.5) is 21.9 Å². The molecule has 2 heterocycles. The first-order chi connectivity index (χ1) is 12.5. The Morgan fingerprint density at radius 3 is 2.54 bits per heavy atom. The number of amides is 1. The molecule has 0 saturated carbocycles. The average molecular weight is 429 g/mol. The summed E-state index contributed by atoms with van der Waals surface area (Å²) < 4.78 is 6.88. The van der Waals surface area contributed by atoms with Gasteiger partial charge in [0, 0.05) is 28.5 Å². The predicted molar refractivity (Wildman–Crippen MR) is 110 cm³/mol. The van der Waals surface area contributed by atoms with Gasteiger partial charge >= 0.3 is 6.09 Å². The van der Waals surface area contributed by atoms with Gasteiger partial charge in [-0.2, -0.15) is 0 Å². The molecule has 1 atom stereocenters. The van der Waals surface area contributed by atoms with Crippen molar-refractivity contribution in [2.24, 2.45) is 0 Å². The van der Waals surface area contributed by atoms with Crippen LogP contribution in [-0.4, -0.2) is 13.1 Å². The summed E-state index contributed by atoms with van der Waals surface area (Å²) in [6.45, 7) is 1.95. The number of ether oxygens (including phenoxy) is 1. The molecule has 132 valence electrons. The third-order valence-electron chi connectivity index (χ3n) is 4.56. The lowest BCUT2D eigenvalue weighted by Gasteiger charge is -2.39. The Labute approximate surface area is 164 Å². The number of anilines is 3. The van der Waals surface area contributed by atoms with E-state index in [4.69, 9.17) is 4.74 Å². The fourth-order valence-corrected chi connectivity index (χ4v) is 4.22. The van der Waals surface area contributed by atoms with E-state index < -0.39 is 5.60 Å². The number of nitrogens with zero attached hydrogens (tertiary/aromatic N) is 1. The van der Waals surface area contributed by atoms with Gasteiger partial charge in [0.15, 0.2) is 5.60 Å². The minimum absolute atomic E-state index is 0.345. The first kappa shape index (κ1) is 17.1. The van der Waals surface area contributed by atoms with Crippen molar-refractivity contribution in [3.05, 3.63) is 74.9 Å². The van der Waals surface area contributed by atoms with Gasteiger partial charge in [0.05, 0.1) is 10.6 Å². The molecule has 26 heavy (non-hydrogen) atoms. The van der Waals surface area contributed by atoms with Gasteiger partial charge in [0.2, 0.25) is 0 Å². The normalized spacial score (nSPS) is 19.0. The van der Waals surface area contributed by atoms with E-state index in [0.29, 0.717) is 0 Å². The van der Waals surface area contributed by atoms with Crippen molar-refractivity contribution in [3.8, 4) is 0 Å². The molecule has 4 nitrogen and oxygen atoms in total. The number of fused-ring (bicyclic) bond motifs is 1. The molecule has 2 aromatic carbocycles. The van der Waals surface area contributed by atoms with Gasteiger partial charge in [-0.05, 0) is 60.8 Å². The summed E-state index contributed by atoms with van der Waals surface area (Å²) in [5, 5.41) is 5.41. The monoisotopic (exact) mass is 428 g/mol. The van der Waals surface area contributed by atoms with E-state index in [1.807, 2.05) is 60.8 Å². The van der Waals surface area contributed by atoms with Crippen molar-refractivity contribution in [1.82, 2.24) is 0 Å². The van der Waals surface area contributed by atoms with E-state index in [-0.39, 0.29) is 6.09 Å². The molecule has 0 fully saturated rings. The maximum absolute atomic E-state index is 12.4. The molecule has 1 aliphatic rings. The summed E-state index contributed by atoms with van der Waals surface area (Å²) in [5.74, 6) is 0. The molecular weight excluding hydrogens is 412 g/mol. The number of carbonyl (C=O) groups is 1. The van der Waals surface area contributed by atoms with Gasteiger partial charge in [0.1, 0.15) is 0 Å². The van der Waals surface area contributed by atoms with Crippen molar-refractivity contribution in [3.63, 3.8) is 0 Å². The number of nitrogens with one attached hydrogen (secondary N) is 1. The Hall–Kier alpha value is -2.31. The Kier molecular flexibility index (Phi) is 4.25. The van der Waals surface area contributed by atoms with Crippen molar-refractivity contribution in [2.75, 3.05) is 17.3 Å². The molecule has 1 unspecified atom stereocenters. The summed E-state index contributed by atoms with van der Waals surface area (Å²) in [6, 6.07) is 18.0. The Morgan fingerprint density at radius 2 is 1.85 bits per heavy atom. The number of rotatable bonds is 3. The third kappa shape index (κ3) is 2.89. The average Bonchev–Trinajstić information content (AvgIpc) is 3.17. The maximum Gasteiger partial charge on any atom is 0.415 e. The topological polar surface area (TPSA) is 41.6 Å². The van der Waals surface area contributed by atoms with Crippen LogP contribution < -0.4 is 10.2 Å². The first-order valence-corrected chi connectivity index (χ1v) is 9.82. The Morgan fingerprint density at radius 1 is 1.12 bits per heavy atom.